The van der Waals surface area contributed by atoms with Gasteiger partial charge in [-0.25, -0.2) is 0 Å². The first-order chi connectivity index (χ1) is 9.24. The highest BCUT2D eigenvalue weighted by Gasteiger charge is 2.19. The number of aliphatic hydroxyl groups excluding tert-OH is 1. The van der Waals surface area contributed by atoms with Crippen molar-refractivity contribution in [2.24, 2.45) is 13.0 Å². The molecule has 1 aromatic rings. The Morgan fingerprint density at radius 2 is 2.20 bits per heavy atom. The van der Waals surface area contributed by atoms with Crippen molar-refractivity contribution in [3.63, 3.8) is 0 Å². The fourth-order valence-electron chi connectivity index (χ4n) is 1.54. The van der Waals surface area contributed by atoms with E-state index in [0.29, 0.717) is 5.75 Å². The van der Waals surface area contributed by atoms with Crippen LogP contribution in [0.3, 0.4) is 0 Å². The molecule has 1 amide bonds. The number of nitrogens with zero attached hydrogens (tertiary/aromatic N) is 2. The van der Waals surface area contributed by atoms with E-state index in [1.807, 2.05) is 20.0 Å². The molecule has 0 radical (unpaired) electrons. The second-order valence-electron chi connectivity index (χ2n) is 6.14. The summed E-state index contributed by atoms with van der Waals surface area (Å²) in [7, 11) is 1.83. The standard InChI is InChI=1S/C14H25N3O2S/c1-10(7-18)8-20-9-13(19)15-12-6-11(14(2,3)4)16-17(12)5/h6,10,18H,7-9H2,1-5H3,(H,15,19). The molecule has 114 valence electrons. The molecule has 1 aromatic heterocycles. The fourth-order valence-corrected chi connectivity index (χ4v) is 2.42. The summed E-state index contributed by atoms with van der Waals surface area (Å²) >= 11 is 1.53. The van der Waals surface area contributed by atoms with Gasteiger partial charge in [0.05, 0.1) is 11.4 Å². The normalized spacial score (nSPS) is 13.3. The lowest BCUT2D eigenvalue weighted by molar-refractivity contribution is -0.113. The smallest absolute Gasteiger partial charge is 0.235 e. The highest BCUT2D eigenvalue weighted by Crippen LogP contribution is 2.23. The van der Waals surface area contributed by atoms with Gasteiger partial charge in [-0.1, -0.05) is 27.7 Å². The predicted molar refractivity (Wildman–Crippen MR) is 84.1 cm³/mol. The van der Waals surface area contributed by atoms with E-state index in [4.69, 9.17) is 5.11 Å². The Labute approximate surface area is 125 Å². The fraction of sp³-hybridized carbons (Fsp3) is 0.714. The number of nitrogens with one attached hydrogen (secondary N) is 1. The Balaban J connectivity index is 2.52. The number of hydrogen-bond donors (Lipinski definition) is 2. The van der Waals surface area contributed by atoms with Crippen molar-refractivity contribution in [3.05, 3.63) is 11.8 Å². The molecule has 1 heterocycles. The van der Waals surface area contributed by atoms with Crippen LogP contribution in [0.5, 0.6) is 0 Å². The molecule has 0 saturated carbocycles. The van der Waals surface area contributed by atoms with Crippen molar-refractivity contribution in [2.45, 2.75) is 33.1 Å². The summed E-state index contributed by atoms with van der Waals surface area (Å²) in [5.41, 5.74) is 0.920. The van der Waals surface area contributed by atoms with E-state index in [2.05, 4.69) is 31.2 Å². The molecule has 1 rings (SSSR count). The molecular formula is C14H25N3O2S. The van der Waals surface area contributed by atoms with E-state index in [0.717, 1.165) is 17.3 Å². The van der Waals surface area contributed by atoms with Gasteiger partial charge in [0.2, 0.25) is 5.91 Å². The molecule has 0 spiro atoms. The monoisotopic (exact) mass is 299 g/mol. The molecule has 1 unspecified atom stereocenters. The van der Waals surface area contributed by atoms with Gasteiger partial charge in [-0.15, -0.1) is 0 Å². The molecule has 6 heteroatoms. The molecule has 0 aliphatic carbocycles. The zero-order valence-corrected chi connectivity index (χ0v) is 13.8. The van der Waals surface area contributed by atoms with Crippen molar-refractivity contribution in [1.82, 2.24) is 9.78 Å². The zero-order chi connectivity index (χ0) is 15.3. The molecule has 2 N–H and O–H groups in total. The number of aliphatic hydroxyl groups is 1. The first kappa shape index (κ1) is 17.0. The predicted octanol–water partition coefficient (Wildman–Crippen LogP) is 2.02. The lowest BCUT2D eigenvalue weighted by Gasteiger charge is -2.13. The van der Waals surface area contributed by atoms with E-state index < -0.39 is 0 Å². The van der Waals surface area contributed by atoms with E-state index in [-0.39, 0.29) is 23.8 Å². The number of carbonyl (C=O) groups is 1. The van der Waals surface area contributed by atoms with E-state index in [9.17, 15) is 4.79 Å². The maximum absolute atomic E-state index is 11.9. The maximum atomic E-state index is 11.9. The molecule has 5 nitrogen and oxygen atoms in total. The largest absolute Gasteiger partial charge is 0.396 e. The van der Waals surface area contributed by atoms with Gasteiger partial charge in [-0.3, -0.25) is 9.48 Å². The van der Waals surface area contributed by atoms with Gasteiger partial charge in [-0.05, 0) is 11.7 Å². The lowest BCUT2D eigenvalue weighted by atomic mass is 9.92. The van der Waals surface area contributed by atoms with Crippen molar-refractivity contribution < 1.29 is 9.90 Å². The topological polar surface area (TPSA) is 67.2 Å². The Kier molecular flexibility index (Phi) is 6.07. The van der Waals surface area contributed by atoms with Crippen LogP contribution in [0.25, 0.3) is 0 Å². The molecule has 1 atom stereocenters. The summed E-state index contributed by atoms with van der Waals surface area (Å²) in [5, 5.41) is 16.2. The second kappa shape index (κ2) is 7.13. The van der Waals surface area contributed by atoms with Crippen LogP contribution in [0.2, 0.25) is 0 Å². The average Bonchev–Trinajstić information content (AvgIpc) is 2.70. The highest BCUT2D eigenvalue weighted by molar-refractivity contribution is 7.99. The van der Waals surface area contributed by atoms with Crippen LogP contribution in [0.15, 0.2) is 6.07 Å². The van der Waals surface area contributed by atoms with Gasteiger partial charge < -0.3 is 10.4 Å². The number of rotatable bonds is 6. The van der Waals surface area contributed by atoms with Gasteiger partial charge in [0, 0.05) is 25.1 Å². The molecule has 0 aromatic carbocycles. The van der Waals surface area contributed by atoms with E-state index >= 15 is 0 Å². The Morgan fingerprint density at radius 3 is 2.70 bits per heavy atom. The van der Waals surface area contributed by atoms with Crippen LogP contribution in [-0.2, 0) is 17.3 Å². The summed E-state index contributed by atoms with van der Waals surface area (Å²) < 4.78 is 1.69. The minimum atomic E-state index is -0.0383. The van der Waals surface area contributed by atoms with Gasteiger partial charge in [0.15, 0.2) is 0 Å². The van der Waals surface area contributed by atoms with Crippen molar-refractivity contribution in [3.8, 4) is 0 Å². The van der Waals surface area contributed by atoms with Gasteiger partial charge in [0.1, 0.15) is 5.82 Å². The quantitative estimate of drug-likeness (QED) is 0.843. The molecule has 0 saturated heterocycles. The molecule has 20 heavy (non-hydrogen) atoms. The minimum absolute atomic E-state index is 0.0357. The number of aryl methyl sites for hydroxylation is 1. The van der Waals surface area contributed by atoms with E-state index in [1.54, 1.807) is 4.68 Å². The summed E-state index contributed by atoms with van der Waals surface area (Å²) in [5.74, 6) is 2.07. The molecule has 0 bridgehead atoms. The van der Waals surface area contributed by atoms with Crippen LogP contribution in [-0.4, -0.2) is 38.9 Å². The lowest BCUT2D eigenvalue weighted by Crippen LogP contribution is -2.17. The molecule has 0 aliphatic heterocycles. The number of thioether (sulfide) groups is 1. The maximum Gasteiger partial charge on any atom is 0.235 e. The zero-order valence-electron chi connectivity index (χ0n) is 12.9. The summed E-state index contributed by atoms with van der Waals surface area (Å²) in [6, 6.07) is 1.92. The first-order valence-corrected chi connectivity index (χ1v) is 7.92. The van der Waals surface area contributed by atoms with Gasteiger partial charge in [0.25, 0.3) is 0 Å². The van der Waals surface area contributed by atoms with Crippen LogP contribution < -0.4 is 5.32 Å². The summed E-state index contributed by atoms with van der Waals surface area (Å²) in [4.78, 5) is 11.9. The van der Waals surface area contributed by atoms with Crippen LogP contribution in [0.1, 0.15) is 33.4 Å². The van der Waals surface area contributed by atoms with E-state index in [1.165, 1.54) is 11.8 Å². The van der Waals surface area contributed by atoms with Crippen LogP contribution in [0.4, 0.5) is 5.82 Å². The summed E-state index contributed by atoms with van der Waals surface area (Å²) in [6.07, 6.45) is 0. The van der Waals surface area contributed by atoms with Crippen molar-refractivity contribution >= 4 is 23.5 Å². The summed E-state index contributed by atoms with van der Waals surface area (Å²) in [6.45, 7) is 8.39. The number of amides is 1. The SMILES string of the molecule is CC(CO)CSCC(=O)Nc1cc(C(C)(C)C)nn1C. The van der Waals surface area contributed by atoms with Gasteiger partial charge in [-0.2, -0.15) is 16.9 Å². The Bertz CT molecular complexity index is 452. The van der Waals surface area contributed by atoms with Crippen LogP contribution in [0, 0.1) is 5.92 Å². The number of carbonyl (C=O) groups excluding carboxylic acids is 1. The van der Waals surface area contributed by atoms with Gasteiger partial charge >= 0.3 is 0 Å². The average molecular weight is 299 g/mol. The molecule has 0 aliphatic rings. The molecule has 0 fully saturated rings. The number of anilines is 1. The molecular weight excluding hydrogens is 274 g/mol. The third kappa shape index (κ3) is 5.17. The number of hydrogen-bond acceptors (Lipinski definition) is 4. The third-order valence-corrected chi connectivity index (χ3v) is 4.13. The third-order valence-electron chi connectivity index (χ3n) is 2.86. The highest BCUT2D eigenvalue weighted by atomic mass is 32.2. The Morgan fingerprint density at radius 1 is 1.55 bits per heavy atom. The number of aromatic nitrogens is 2. The minimum Gasteiger partial charge on any atom is -0.396 e. The Hall–Kier alpha value is -1.01. The van der Waals surface area contributed by atoms with Crippen molar-refractivity contribution in [1.29, 1.82) is 0 Å². The van der Waals surface area contributed by atoms with Crippen molar-refractivity contribution in [2.75, 3.05) is 23.4 Å². The van der Waals surface area contributed by atoms with Crippen LogP contribution >= 0.6 is 11.8 Å². The first-order valence-electron chi connectivity index (χ1n) is 6.77. The second-order valence-corrected chi connectivity index (χ2v) is 7.17.